The molecular weight excluding hydrogens is 266 g/mol. The fraction of sp³-hybridized carbons (Fsp3) is 0.583. The standard InChI is InChI=1S/C12H18BrN3/c1-8-3-4-9(2)16(7-8)12-10(13)5-15-6-11(12)14/h5-6,8-9H,3-4,7,14H2,1-2H3. The van der Waals surface area contributed by atoms with Gasteiger partial charge >= 0.3 is 0 Å². The van der Waals surface area contributed by atoms with Crippen LogP contribution in [0.3, 0.4) is 0 Å². The van der Waals surface area contributed by atoms with Crippen LogP contribution in [0.25, 0.3) is 0 Å². The number of nitrogens with zero attached hydrogens (tertiary/aromatic N) is 2. The van der Waals surface area contributed by atoms with Crippen LogP contribution in [0, 0.1) is 5.92 Å². The summed E-state index contributed by atoms with van der Waals surface area (Å²) >= 11 is 3.55. The first-order valence-electron chi connectivity index (χ1n) is 5.75. The van der Waals surface area contributed by atoms with Crippen LogP contribution in [0.2, 0.25) is 0 Å². The van der Waals surface area contributed by atoms with E-state index in [1.165, 1.54) is 12.8 Å². The van der Waals surface area contributed by atoms with Crippen LogP contribution in [-0.4, -0.2) is 17.6 Å². The van der Waals surface area contributed by atoms with Crippen LogP contribution in [-0.2, 0) is 0 Å². The highest BCUT2D eigenvalue weighted by atomic mass is 79.9. The SMILES string of the molecule is CC1CCC(C)N(c2c(N)cncc2Br)C1. The zero-order valence-corrected chi connectivity index (χ0v) is 11.4. The van der Waals surface area contributed by atoms with Gasteiger partial charge in [0.05, 0.1) is 22.0 Å². The maximum atomic E-state index is 6.03. The van der Waals surface area contributed by atoms with Crippen molar-refractivity contribution in [3.63, 3.8) is 0 Å². The van der Waals surface area contributed by atoms with Gasteiger partial charge in [-0.2, -0.15) is 0 Å². The predicted octanol–water partition coefficient (Wildman–Crippen LogP) is 3.05. The molecule has 0 aliphatic carbocycles. The Morgan fingerprint density at radius 2 is 2.12 bits per heavy atom. The summed E-state index contributed by atoms with van der Waals surface area (Å²) in [6, 6.07) is 0.553. The molecule has 3 nitrogen and oxygen atoms in total. The summed E-state index contributed by atoms with van der Waals surface area (Å²) in [5.41, 5.74) is 7.89. The highest BCUT2D eigenvalue weighted by molar-refractivity contribution is 9.10. The number of aromatic nitrogens is 1. The van der Waals surface area contributed by atoms with Crippen molar-refractivity contribution >= 4 is 27.3 Å². The number of piperidine rings is 1. The lowest BCUT2D eigenvalue weighted by Gasteiger charge is -2.39. The number of halogens is 1. The second-order valence-corrected chi connectivity index (χ2v) is 5.60. The van der Waals surface area contributed by atoms with Gasteiger partial charge in [0.15, 0.2) is 0 Å². The fourth-order valence-corrected chi connectivity index (χ4v) is 2.92. The lowest BCUT2D eigenvalue weighted by atomic mass is 9.94. The minimum Gasteiger partial charge on any atom is -0.396 e. The van der Waals surface area contributed by atoms with E-state index in [1.807, 2.05) is 6.20 Å². The molecule has 2 heterocycles. The third-order valence-electron chi connectivity index (χ3n) is 3.31. The summed E-state index contributed by atoms with van der Waals surface area (Å²) in [7, 11) is 0. The molecule has 0 aromatic carbocycles. The van der Waals surface area contributed by atoms with Gasteiger partial charge in [-0.25, -0.2) is 0 Å². The molecule has 2 atom stereocenters. The Labute approximate surface area is 105 Å². The summed E-state index contributed by atoms with van der Waals surface area (Å²) in [6.45, 7) is 5.64. The predicted molar refractivity (Wildman–Crippen MR) is 71.6 cm³/mol. The fourth-order valence-electron chi connectivity index (χ4n) is 2.35. The molecule has 1 aromatic heterocycles. The van der Waals surface area contributed by atoms with Crippen molar-refractivity contribution in [2.75, 3.05) is 17.2 Å². The van der Waals surface area contributed by atoms with E-state index in [0.717, 1.165) is 28.3 Å². The van der Waals surface area contributed by atoms with Crippen LogP contribution < -0.4 is 10.6 Å². The molecule has 2 N–H and O–H groups in total. The first-order chi connectivity index (χ1) is 7.59. The van der Waals surface area contributed by atoms with Gasteiger partial charge in [-0.05, 0) is 41.6 Å². The molecule has 1 fully saturated rings. The molecule has 0 saturated carbocycles. The average Bonchev–Trinajstić information content (AvgIpc) is 2.23. The molecule has 1 aromatic rings. The van der Waals surface area contributed by atoms with Crippen LogP contribution in [0.1, 0.15) is 26.7 Å². The molecule has 1 aliphatic heterocycles. The lowest BCUT2D eigenvalue weighted by Crippen LogP contribution is -2.41. The molecule has 2 rings (SSSR count). The van der Waals surface area contributed by atoms with Gasteiger partial charge in [0.25, 0.3) is 0 Å². The van der Waals surface area contributed by atoms with Crippen molar-refractivity contribution in [1.82, 2.24) is 4.98 Å². The van der Waals surface area contributed by atoms with Gasteiger partial charge < -0.3 is 10.6 Å². The number of nitrogens with two attached hydrogens (primary N) is 1. The highest BCUT2D eigenvalue weighted by Crippen LogP contribution is 2.36. The monoisotopic (exact) mass is 283 g/mol. The van der Waals surface area contributed by atoms with Crippen LogP contribution in [0.4, 0.5) is 11.4 Å². The van der Waals surface area contributed by atoms with Crippen molar-refractivity contribution in [2.45, 2.75) is 32.7 Å². The highest BCUT2D eigenvalue weighted by Gasteiger charge is 2.25. The first-order valence-corrected chi connectivity index (χ1v) is 6.54. The van der Waals surface area contributed by atoms with Gasteiger partial charge in [0, 0.05) is 18.8 Å². The van der Waals surface area contributed by atoms with E-state index in [4.69, 9.17) is 5.73 Å². The van der Waals surface area contributed by atoms with Crippen LogP contribution >= 0.6 is 15.9 Å². The number of rotatable bonds is 1. The largest absolute Gasteiger partial charge is 0.396 e. The Hall–Kier alpha value is -0.770. The van der Waals surface area contributed by atoms with Gasteiger partial charge in [0.2, 0.25) is 0 Å². The van der Waals surface area contributed by atoms with E-state index in [2.05, 4.69) is 39.7 Å². The molecule has 16 heavy (non-hydrogen) atoms. The number of nitrogen functional groups attached to an aromatic ring is 1. The Bertz CT molecular complexity index is 360. The number of pyridine rings is 1. The van der Waals surface area contributed by atoms with E-state index in [9.17, 15) is 0 Å². The molecule has 0 bridgehead atoms. The quantitative estimate of drug-likeness (QED) is 0.861. The van der Waals surface area contributed by atoms with Crippen molar-refractivity contribution in [2.24, 2.45) is 5.92 Å². The summed E-state index contributed by atoms with van der Waals surface area (Å²) in [5, 5.41) is 0. The Morgan fingerprint density at radius 3 is 2.81 bits per heavy atom. The lowest BCUT2D eigenvalue weighted by molar-refractivity contribution is 0.390. The summed E-state index contributed by atoms with van der Waals surface area (Å²) in [6.07, 6.45) is 6.08. The Kier molecular flexibility index (Phi) is 3.38. The zero-order chi connectivity index (χ0) is 11.7. The molecule has 0 amide bonds. The van der Waals surface area contributed by atoms with Gasteiger partial charge in [-0.15, -0.1) is 0 Å². The average molecular weight is 284 g/mol. The Morgan fingerprint density at radius 1 is 1.38 bits per heavy atom. The van der Waals surface area contributed by atoms with Crippen LogP contribution in [0.15, 0.2) is 16.9 Å². The first kappa shape index (κ1) is 11.7. The van der Waals surface area contributed by atoms with Crippen molar-refractivity contribution in [1.29, 1.82) is 0 Å². The summed E-state index contributed by atoms with van der Waals surface area (Å²) < 4.78 is 0.994. The van der Waals surface area contributed by atoms with E-state index < -0.39 is 0 Å². The zero-order valence-electron chi connectivity index (χ0n) is 9.78. The molecule has 0 radical (unpaired) electrons. The second-order valence-electron chi connectivity index (χ2n) is 4.74. The second kappa shape index (κ2) is 4.62. The topological polar surface area (TPSA) is 42.1 Å². The van der Waals surface area contributed by atoms with E-state index in [1.54, 1.807) is 6.20 Å². The molecule has 4 heteroatoms. The van der Waals surface area contributed by atoms with Crippen LogP contribution in [0.5, 0.6) is 0 Å². The maximum absolute atomic E-state index is 6.03. The Balaban J connectivity index is 2.35. The number of hydrogen-bond acceptors (Lipinski definition) is 3. The normalized spacial score (nSPS) is 25.8. The van der Waals surface area contributed by atoms with Gasteiger partial charge in [-0.3, -0.25) is 4.98 Å². The number of anilines is 2. The minimum atomic E-state index is 0.553. The third kappa shape index (κ3) is 2.17. The maximum Gasteiger partial charge on any atom is 0.0778 e. The van der Waals surface area contributed by atoms with E-state index >= 15 is 0 Å². The molecule has 1 aliphatic rings. The van der Waals surface area contributed by atoms with E-state index in [0.29, 0.717) is 6.04 Å². The molecule has 1 saturated heterocycles. The van der Waals surface area contributed by atoms with E-state index in [-0.39, 0.29) is 0 Å². The number of hydrogen-bond donors (Lipinski definition) is 1. The summed E-state index contributed by atoms with van der Waals surface area (Å²) in [4.78, 5) is 6.48. The van der Waals surface area contributed by atoms with Crippen molar-refractivity contribution in [3.05, 3.63) is 16.9 Å². The molecular formula is C12H18BrN3. The van der Waals surface area contributed by atoms with Crippen molar-refractivity contribution < 1.29 is 0 Å². The molecule has 0 spiro atoms. The smallest absolute Gasteiger partial charge is 0.0778 e. The molecule has 2 unspecified atom stereocenters. The minimum absolute atomic E-state index is 0.553. The third-order valence-corrected chi connectivity index (χ3v) is 3.89. The van der Waals surface area contributed by atoms with Gasteiger partial charge in [-0.1, -0.05) is 6.92 Å². The summed E-state index contributed by atoms with van der Waals surface area (Å²) in [5.74, 6) is 0.732. The van der Waals surface area contributed by atoms with Gasteiger partial charge in [0.1, 0.15) is 0 Å². The molecule has 88 valence electrons. The van der Waals surface area contributed by atoms with Crippen molar-refractivity contribution in [3.8, 4) is 0 Å².